The van der Waals surface area contributed by atoms with Crippen LogP contribution in [0.4, 0.5) is 4.39 Å². The highest BCUT2D eigenvalue weighted by Gasteiger charge is 2.31. The lowest BCUT2D eigenvalue weighted by molar-refractivity contribution is -0.137. The molecule has 0 bridgehead atoms. The van der Waals surface area contributed by atoms with E-state index in [0.717, 1.165) is 82.3 Å². The van der Waals surface area contributed by atoms with Crippen molar-refractivity contribution in [1.29, 1.82) is 0 Å². The van der Waals surface area contributed by atoms with Gasteiger partial charge in [0.25, 0.3) is 0 Å². The molecule has 0 radical (unpaired) electrons. The lowest BCUT2D eigenvalue weighted by atomic mass is 9.87. The lowest BCUT2D eigenvalue weighted by Crippen LogP contribution is -2.40. The molecular formula is C29H36FN3O2S. The minimum Gasteiger partial charge on any atom is -0.356 e. The second kappa shape index (κ2) is 10.3. The van der Waals surface area contributed by atoms with E-state index in [9.17, 15) is 9.18 Å². The number of hydrogen-bond acceptors (Lipinski definition) is 5. The van der Waals surface area contributed by atoms with Gasteiger partial charge in [-0.2, -0.15) is 0 Å². The van der Waals surface area contributed by atoms with Crippen molar-refractivity contribution in [3.63, 3.8) is 0 Å². The molecule has 0 unspecified atom stereocenters. The molecule has 3 aromatic rings. The summed E-state index contributed by atoms with van der Waals surface area (Å²) < 4.78 is 18.9. The van der Waals surface area contributed by atoms with Gasteiger partial charge in [0.15, 0.2) is 5.58 Å². The molecule has 1 aliphatic carbocycles. The Labute approximate surface area is 216 Å². The maximum absolute atomic E-state index is 13.5. The van der Waals surface area contributed by atoms with Crippen molar-refractivity contribution in [2.45, 2.75) is 77.2 Å². The first-order valence-corrected chi connectivity index (χ1v) is 14.5. The van der Waals surface area contributed by atoms with E-state index in [0.29, 0.717) is 17.4 Å². The molecule has 6 rings (SSSR count). The number of likely N-dealkylation sites (tertiary alicyclic amines) is 1. The predicted molar refractivity (Wildman–Crippen MR) is 141 cm³/mol. The number of rotatable bonds is 5. The maximum Gasteiger partial charge on any atom is 0.226 e. The number of amides is 1. The zero-order valence-electron chi connectivity index (χ0n) is 21.2. The number of thiophene rings is 1. The van der Waals surface area contributed by atoms with Gasteiger partial charge in [-0.3, -0.25) is 4.79 Å². The normalized spacial score (nSPS) is 20.2. The number of aryl methyl sites for hydroxylation is 1. The summed E-state index contributed by atoms with van der Waals surface area (Å²) in [5.41, 5.74) is 4.59. The van der Waals surface area contributed by atoms with Crippen LogP contribution in [0.25, 0.3) is 11.0 Å². The molecule has 1 aromatic carbocycles. The topological polar surface area (TPSA) is 49.6 Å². The number of benzene rings is 1. The van der Waals surface area contributed by atoms with E-state index >= 15 is 0 Å². The second-order valence-electron chi connectivity index (χ2n) is 11.0. The lowest BCUT2D eigenvalue weighted by Gasteiger charge is -2.33. The summed E-state index contributed by atoms with van der Waals surface area (Å²) in [5.74, 6) is 0.756. The van der Waals surface area contributed by atoms with Gasteiger partial charge < -0.3 is 14.3 Å². The summed E-state index contributed by atoms with van der Waals surface area (Å²) in [5, 5.41) is 5.24. The Bertz CT molecular complexity index is 1240. The molecule has 1 amide bonds. The van der Waals surface area contributed by atoms with Crippen molar-refractivity contribution in [3.05, 3.63) is 50.6 Å². The monoisotopic (exact) mass is 509 g/mol. The molecule has 0 spiro atoms. The van der Waals surface area contributed by atoms with Gasteiger partial charge >= 0.3 is 0 Å². The average molecular weight is 510 g/mol. The zero-order valence-corrected chi connectivity index (χ0v) is 22.0. The summed E-state index contributed by atoms with van der Waals surface area (Å²) in [7, 11) is 0. The molecule has 0 N–H and O–H groups in total. The second-order valence-corrected chi connectivity index (χ2v) is 12.3. The third kappa shape index (κ3) is 4.72. The predicted octanol–water partition coefficient (Wildman–Crippen LogP) is 6.22. The standard InChI is InChI=1S/C29H36FN3O2S/c1-19-23(24-12-16-33(18-27(24)36-19)29(34)21-5-3-2-4-6-21)11-15-32-13-9-20(10-14-32)28-25-8-7-22(30)17-26(25)35-31-28/h7-8,17,20-21H,2-6,9-16,18H2,1H3. The fourth-order valence-electron chi connectivity index (χ4n) is 6.65. The van der Waals surface area contributed by atoms with Crippen LogP contribution in [0.2, 0.25) is 0 Å². The molecule has 1 saturated carbocycles. The fourth-order valence-corrected chi connectivity index (χ4v) is 7.94. The Morgan fingerprint density at radius 3 is 2.75 bits per heavy atom. The quantitative estimate of drug-likeness (QED) is 0.409. The summed E-state index contributed by atoms with van der Waals surface area (Å²) in [6.07, 6.45) is 10.1. The van der Waals surface area contributed by atoms with E-state index in [1.165, 1.54) is 52.3 Å². The van der Waals surface area contributed by atoms with Gasteiger partial charge in [0, 0.05) is 46.1 Å². The number of fused-ring (bicyclic) bond motifs is 2. The smallest absolute Gasteiger partial charge is 0.226 e. The highest BCUT2D eigenvalue weighted by molar-refractivity contribution is 7.12. The van der Waals surface area contributed by atoms with Crippen molar-refractivity contribution >= 4 is 28.2 Å². The number of nitrogens with zero attached hydrogens (tertiary/aromatic N) is 3. The number of aromatic nitrogens is 1. The molecule has 5 nitrogen and oxygen atoms in total. The average Bonchev–Trinajstić information content (AvgIpc) is 3.47. The van der Waals surface area contributed by atoms with Gasteiger partial charge in [0.1, 0.15) is 5.82 Å². The van der Waals surface area contributed by atoms with Crippen LogP contribution in [0.1, 0.15) is 77.4 Å². The maximum atomic E-state index is 13.5. The Kier molecular flexibility index (Phi) is 6.86. The van der Waals surface area contributed by atoms with Crippen molar-refractivity contribution in [2.24, 2.45) is 5.92 Å². The van der Waals surface area contributed by atoms with E-state index in [-0.39, 0.29) is 11.7 Å². The van der Waals surface area contributed by atoms with Crippen molar-refractivity contribution in [2.75, 3.05) is 26.2 Å². The number of piperidine rings is 1. The van der Waals surface area contributed by atoms with Crippen LogP contribution in [0.3, 0.4) is 0 Å². The van der Waals surface area contributed by atoms with Crippen molar-refractivity contribution in [1.82, 2.24) is 15.0 Å². The molecule has 0 atom stereocenters. The summed E-state index contributed by atoms with van der Waals surface area (Å²) in [4.78, 5) is 20.7. The van der Waals surface area contributed by atoms with E-state index in [1.807, 2.05) is 11.3 Å². The Morgan fingerprint density at radius 2 is 1.94 bits per heavy atom. The molecule has 2 fully saturated rings. The zero-order chi connectivity index (χ0) is 24.6. The van der Waals surface area contributed by atoms with Crippen LogP contribution < -0.4 is 0 Å². The SMILES string of the molecule is Cc1sc2c(c1CCN1CCC(c3noc4cc(F)ccc34)CC1)CCN(C(=O)C1CCCCC1)C2. The summed E-state index contributed by atoms with van der Waals surface area (Å²) in [6.45, 7) is 7.14. The minimum atomic E-state index is -0.283. The van der Waals surface area contributed by atoms with E-state index < -0.39 is 0 Å². The highest BCUT2D eigenvalue weighted by Crippen LogP contribution is 2.36. The van der Waals surface area contributed by atoms with Crippen LogP contribution >= 0.6 is 11.3 Å². The molecular weight excluding hydrogens is 473 g/mol. The van der Waals surface area contributed by atoms with Gasteiger partial charge in [-0.1, -0.05) is 24.4 Å². The van der Waals surface area contributed by atoms with Gasteiger partial charge in [-0.25, -0.2) is 4.39 Å². The number of carbonyl (C=O) groups excluding carboxylic acids is 1. The number of carbonyl (C=O) groups is 1. The van der Waals surface area contributed by atoms with Gasteiger partial charge in [0.2, 0.25) is 5.91 Å². The first-order valence-electron chi connectivity index (χ1n) is 13.7. The van der Waals surface area contributed by atoms with Crippen molar-refractivity contribution < 1.29 is 13.7 Å². The Balaban J connectivity index is 1.04. The van der Waals surface area contributed by atoms with E-state index in [2.05, 4.69) is 21.9 Å². The Hall–Kier alpha value is -2.25. The first kappa shape index (κ1) is 24.1. The van der Waals surface area contributed by atoms with E-state index in [1.54, 1.807) is 6.07 Å². The number of hydrogen-bond donors (Lipinski definition) is 0. The van der Waals surface area contributed by atoms with Crippen LogP contribution in [0.5, 0.6) is 0 Å². The molecule has 1 saturated heterocycles. The van der Waals surface area contributed by atoms with Crippen LogP contribution in [0.15, 0.2) is 22.7 Å². The van der Waals surface area contributed by atoms with Gasteiger partial charge in [0.05, 0.1) is 12.2 Å². The van der Waals surface area contributed by atoms with Crippen LogP contribution in [-0.2, 0) is 24.2 Å². The van der Waals surface area contributed by atoms with Gasteiger partial charge in [-0.15, -0.1) is 11.3 Å². The van der Waals surface area contributed by atoms with Crippen LogP contribution in [0, 0.1) is 18.7 Å². The summed E-state index contributed by atoms with van der Waals surface area (Å²) in [6, 6.07) is 4.72. The molecule has 2 aromatic heterocycles. The van der Waals surface area contributed by atoms with Crippen LogP contribution in [-0.4, -0.2) is 47.0 Å². The summed E-state index contributed by atoms with van der Waals surface area (Å²) >= 11 is 1.91. The molecule has 2 aliphatic heterocycles. The molecule has 7 heteroatoms. The van der Waals surface area contributed by atoms with Crippen molar-refractivity contribution in [3.8, 4) is 0 Å². The minimum absolute atomic E-state index is 0.264. The Morgan fingerprint density at radius 1 is 1.14 bits per heavy atom. The van der Waals surface area contributed by atoms with Gasteiger partial charge in [-0.05, 0) is 81.8 Å². The molecule has 36 heavy (non-hydrogen) atoms. The molecule has 192 valence electrons. The van der Waals surface area contributed by atoms with E-state index in [4.69, 9.17) is 4.52 Å². The fraction of sp³-hybridized carbons (Fsp3) is 0.586. The number of halogens is 1. The molecule has 4 heterocycles. The third-order valence-electron chi connectivity index (χ3n) is 8.75. The molecule has 3 aliphatic rings. The first-order chi connectivity index (χ1) is 17.6. The largest absolute Gasteiger partial charge is 0.356 e. The highest BCUT2D eigenvalue weighted by atomic mass is 32.1. The third-order valence-corrected chi connectivity index (χ3v) is 9.92.